The molecule has 0 aliphatic heterocycles. The standard InChI is InChI=1S/C28H22O2/c1-19-11-15-21(16-12-19)29-27-23-7-3-5-9-25(23)28(26-10-6-4-8-24(26)27)30-22-17-13-20(2)14-18-22/h3-18H,1-2H3. The van der Waals surface area contributed by atoms with Crippen LogP contribution >= 0.6 is 0 Å². The maximum Gasteiger partial charge on any atom is 0.143 e. The summed E-state index contributed by atoms with van der Waals surface area (Å²) in [7, 11) is 0. The van der Waals surface area contributed by atoms with E-state index in [0.717, 1.165) is 44.5 Å². The number of hydrogen-bond acceptors (Lipinski definition) is 2. The second-order valence-corrected chi connectivity index (χ2v) is 7.58. The molecule has 0 saturated heterocycles. The number of hydrogen-bond donors (Lipinski definition) is 0. The van der Waals surface area contributed by atoms with E-state index in [1.807, 2.05) is 48.5 Å². The maximum absolute atomic E-state index is 6.43. The Bertz CT molecular complexity index is 1170. The summed E-state index contributed by atoms with van der Waals surface area (Å²) in [5.41, 5.74) is 2.41. The molecular formula is C28H22O2. The first-order valence-electron chi connectivity index (χ1n) is 10.1. The fourth-order valence-corrected chi connectivity index (χ4v) is 3.72. The van der Waals surface area contributed by atoms with E-state index in [1.165, 1.54) is 11.1 Å². The number of fused-ring (bicyclic) bond motifs is 2. The van der Waals surface area contributed by atoms with Gasteiger partial charge in [0.2, 0.25) is 0 Å². The van der Waals surface area contributed by atoms with E-state index in [0.29, 0.717) is 0 Å². The van der Waals surface area contributed by atoms with E-state index in [-0.39, 0.29) is 0 Å². The van der Waals surface area contributed by atoms with Crippen molar-refractivity contribution in [2.75, 3.05) is 0 Å². The lowest BCUT2D eigenvalue weighted by atomic mass is 10.0. The van der Waals surface area contributed by atoms with E-state index >= 15 is 0 Å². The summed E-state index contributed by atoms with van der Waals surface area (Å²) in [4.78, 5) is 0. The van der Waals surface area contributed by atoms with Gasteiger partial charge in [-0.2, -0.15) is 0 Å². The van der Waals surface area contributed by atoms with Crippen LogP contribution in [0.2, 0.25) is 0 Å². The molecule has 0 fully saturated rings. The monoisotopic (exact) mass is 390 g/mol. The van der Waals surface area contributed by atoms with Crippen molar-refractivity contribution in [2.24, 2.45) is 0 Å². The first kappa shape index (κ1) is 18.3. The quantitative estimate of drug-likeness (QED) is 0.288. The van der Waals surface area contributed by atoms with Gasteiger partial charge in [-0.25, -0.2) is 0 Å². The number of aryl methyl sites for hydroxylation is 2. The highest BCUT2D eigenvalue weighted by Gasteiger charge is 2.17. The summed E-state index contributed by atoms with van der Waals surface area (Å²) in [5.74, 6) is 3.34. The predicted octanol–water partition coefficient (Wildman–Crippen LogP) is 8.19. The van der Waals surface area contributed by atoms with Crippen LogP contribution in [0, 0.1) is 13.8 Å². The van der Waals surface area contributed by atoms with Crippen LogP contribution in [0.1, 0.15) is 11.1 Å². The minimum atomic E-state index is 0.822. The molecular weight excluding hydrogens is 368 g/mol. The van der Waals surface area contributed by atoms with E-state index in [9.17, 15) is 0 Å². The SMILES string of the molecule is Cc1ccc(Oc2c3ccccc3c(Oc3ccc(C)cc3)c3ccccc23)cc1. The molecule has 0 N–H and O–H groups in total. The second-order valence-electron chi connectivity index (χ2n) is 7.58. The third-order valence-electron chi connectivity index (χ3n) is 5.31. The summed E-state index contributed by atoms with van der Waals surface area (Å²) in [6.07, 6.45) is 0. The first-order chi connectivity index (χ1) is 14.7. The van der Waals surface area contributed by atoms with Gasteiger partial charge < -0.3 is 9.47 Å². The Hall–Kier alpha value is -3.78. The third-order valence-corrected chi connectivity index (χ3v) is 5.31. The summed E-state index contributed by atoms with van der Waals surface area (Å²) in [6.45, 7) is 4.15. The normalized spacial score (nSPS) is 11.0. The lowest BCUT2D eigenvalue weighted by Crippen LogP contribution is -1.93. The molecule has 2 heteroatoms. The van der Waals surface area contributed by atoms with Crippen molar-refractivity contribution in [1.29, 1.82) is 0 Å². The van der Waals surface area contributed by atoms with Crippen LogP contribution in [-0.2, 0) is 0 Å². The van der Waals surface area contributed by atoms with Gasteiger partial charge in [-0.15, -0.1) is 0 Å². The maximum atomic E-state index is 6.43. The lowest BCUT2D eigenvalue weighted by Gasteiger charge is -2.17. The van der Waals surface area contributed by atoms with Crippen molar-refractivity contribution in [2.45, 2.75) is 13.8 Å². The van der Waals surface area contributed by atoms with Gasteiger partial charge in [0.15, 0.2) is 0 Å². The number of rotatable bonds is 4. The molecule has 5 aromatic rings. The van der Waals surface area contributed by atoms with Gasteiger partial charge in [-0.1, -0.05) is 83.9 Å². The van der Waals surface area contributed by atoms with Crippen LogP contribution in [0.5, 0.6) is 23.0 Å². The zero-order valence-corrected chi connectivity index (χ0v) is 17.1. The number of ether oxygens (including phenoxy) is 2. The van der Waals surface area contributed by atoms with Crippen molar-refractivity contribution in [3.63, 3.8) is 0 Å². The van der Waals surface area contributed by atoms with Gasteiger partial charge in [0.1, 0.15) is 23.0 Å². The molecule has 0 atom stereocenters. The van der Waals surface area contributed by atoms with Crippen LogP contribution in [0.15, 0.2) is 97.1 Å². The second kappa shape index (κ2) is 7.57. The Morgan fingerprint density at radius 1 is 0.400 bits per heavy atom. The van der Waals surface area contributed by atoms with Crippen molar-refractivity contribution in [3.05, 3.63) is 108 Å². The summed E-state index contributed by atoms with van der Waals surface area (Å²) in [6, 6.07) is 32.8. The molecule has 0 heterocycles. The van der Waals surface area contributed by atoms with E-state index < -0.39 is 0 Å². The van der Waals surface area contributed by atoms with E-state index in [4.69, 9.17) is 9.47 Å². The average molecular weight is 390 g/mol. The highest BCUT2D eigenvalue weighted by molar-refractivity contribution is 6.11. The molecule has 2 nitrogen and oxygen atoms in total. The molecule has 0 aliphatic rings. The van der Waals surface area contributed by atoms with Gasteiger partial charge in [0.05, 0.1) is 0 Å². The Kier molecular flexibility index (Phi) is 4.61. The minimum absolute atomic E-state index is 0.822. The molecule has 5 rings (SSSR count). The highest BCUT2D eigenvalue weighted by atomic mass is 16.5. The van der Waals surface area contributed by atoms with Crippen molar-refractivity contribution >= 4 is 21.5 Å². The van der Waals surface area contributed by atoms with Crippen molar-refractivity contribution < 1.29 is 9.47 Å². The van der Waals surface area contributed by atoms with Gasteiger partial charge in [-0.3, -0.25) is 0 Å². The minimum Gasteiger partial charge on any atom is -0.456 e. The molecule has 0 spiro atoms. The Labute approximate surface area is 176 Å². The smallest absolute Gasteiger partial charge is 0.143 e. The average Bonchev–Trinajstić information content (AvgIpc) is 2.78. The van der Waals surface area contributed by atoms with E-state index in [2.05, 4.69) is 62.4 Å². The van der Waals surface area contributed by atoms with Crippen LogP contribution in [0.4, 0.5) is 0 Å². The molecule has 0 amide bonds. The molecule has 0 aliphatic carbocycles. The Balaban J connectivity index is 1.73. The van der Waals surface area contributed by atoms with Gasteiger partial charge in [-0.05, 0) is 38.1 Å². The van der Waals surface area contributed by atoms with Gasteiger partial charge in [0, 0.05) is 21.5 Å². The van der Waals surface area contributed by atoms with E-state index in [1.54, 1.807) is 0 Å². The van der Waals surface area contributed by atoms with Crippen LogP contribution in [-0.4, -0.2) is 0 Å². The summed E-state index contributed by atoms with van der Waals surface area (Å²) < 4.78 is 12.9. The van der Waals surface area contributed by atoms with Crippen molar-refractivity contribution in [1.82, 2.24) is 0 Å². The zero-order valence-electron chi connectivity index (χ0n) is 17.1. The number of benzene rings is 5. The van der Waals surface area contributed by atoms with Crippen molar-refractivity contribution in [3.8, 4) is 23.0 Å². The zero-order chi connectivity index (χ0) is 20.5. The largest absolute Gasteiger partial charge is 0.456 e. The topological polar surface area (TPSA) is 18.5 Å². The van der Waals surface area contributed by atoms with Crippen LogP contribution in [0.3, 0.4) is 0 Å². The van der Waals surface area contributed by atoms with Gasteiger partial charge in [0.25, 0.3) is 0 Å². The molecule has 0 unspecified atom stereocenters. The molecule has 30 heavy (non-hydrogen) atoms. The highest BCUT2D eigenvalue weighted by Crippen LogP contribution is 2.45. The Morgan fingerprint density at radius 2 is 0.700 bits per heavy atom. The molecule has 146 valence electrons. The molecule has 5 aromatic carbocycles. The van der Waals surface area contributed by atoms with Gasteiger partial charge >= 0.3 is 0 Å². The van der Waals surface area contributed by atoms with Crippen LogP contribution in [0.25, 0.3) is 21.5 Å². The third kappa shape index (κ3) is 3.37. The van der Waals surface area contributed by atoms with Crippen LogP contribution < -0.4 is 9.47 Å². The molecule has 0 saturated carbocycles. The molecule has 0 bridgehead atoms. The lowest BCUT2D eigenvalue weighted by molar-refractivity contribution is 0.485. The molecule has 0 radical (unpaired) electrons. The first-order valence-corrected chi connectivity index (χ1v) is 10.1. The summed E-state index contributed by atoms with van der Waals surface area (Å²) in [5, 5.41) is 4.11. The molecule has 0 aromatic heterocycles. The predicted molar refractivity (Wildman–Crippen MR) is 124 cm³/mol. The fourth-order valence-electron chi connectivity index (χ4n) is 3.72. The summed E-state index contributed by atoms with van der Waals surface area (Å²) >= 11 is 0. The fraction of sp³-hybridized carbons (Fsp3) is 0.0714. The Morgan fingerprint density at radius 3 is 1.00 bits per heavy atom.